The summed E-state index contributed by atoms with van der Waals surface area (Å²) in [6, 6.07) is 16.0. The lowest BCUT2D eigenvalue weighted by molar-refractivity contribution is -0.384. The van der Waals surface area contributed by atoms with Gasteiger partial charge in [0.25, 0.3) is 5.69 Å². The normalized spacial score (nSPS) is 11.5. The Morgan fingerprint density at radius 2 is 1.77 bits per heavy atom. The maximum atomic E-state index is 10.7. The third-order valence-electron chi connectivity index (χ3n) is 2.97. The highest BCUT2D eigenvalue weighted by Gasteiger charge is 2.09. The number of nitro benzene ring substituents is 1. The van der Waals surface area contributed by atoms with Crippen LogP contribution in [0, 0.1) is 10.1 Å². The predicted molar refractivity (Wildman–Crippen MR) is 88.3 cm³/mol. The summed E-state index contributed by atoms with van der Waals surface area (Å²) in [6.45, 7) is 0.623. The number of nitro groups is 1. The van der Waals surface area contributed by atoms with Crippen LogP contribution < -0.4 is 5.43 Å². The Kier molecular flexibility index (Phi) is 5.21. The van der Waals surface area contributed by atoms with Crippen molar-refractivity contribution < 1.29 is 4.92 Å². The molecule has 0 bridgehead atoms. The largest absolute Gasteiger partial charge is 0.303 e. The maximum absolute atomic E-state index is 10.7. The number of benzene rings is 2. The molecular formula is C16H18N4O2. The van der Waals surface area contributed by atoms with Gasteiger partial charge in [0.15, 0.2) is 0 Å². The van der Waals surface area contributed by atoms with Gasteiger partial charge in [0.05, 0.1) is 16.3 Å². The Bertz CT molecular complexity index is 652. The summed E-state index contributed by atoms with van der Waals surface area (Å²) in [5, 5.41) is 15.2. The van der Waals surface area contributed by atoms with E-state index in [9.17, 15) is 10.1 Å². The number of rotatable bonds is 6. The van der Waals surface area contributed by atoms with Crippen molar-refractivity contribution >= 4 is 17.1 Å². The van der Waals surface area contributed by atoms with E-state index < -0.39 is 4.92 Å². The minimum atomic E-state index is -0.408. The third-order valence-corrected chi connectivity index (χ3v) is 2.97. The van der Waals surface area contributed by atoms with Crippen LogP contribution in [-0.4, -0.2) is 36.2 Å². The molecule has 0 unspecified atom stereocenters. The van der Waals surface area contributed by atoms with Gasteiger partial charge in [-0.3, -0.25) is 15.5 Å². The number of nitrogens with one attached hydrogen (secondary N) is 1. The number of nitrogens with zero attached hydrogens (tertiary/aromatic N) is 3. The Hall–Kier alpha value is -2.73. The predicted octanol–water partition coefficient (Wildman–Crippen LogP) is 2.97. The first kappa shape index (κ1) is 15.7. The molecule has 114 valence electrons. The van der Waals surface area contributed by atoms with Gasteiger partial charge in [-0.05, 0) is 43.9 Å². The molecule has 2 rings (SSSR count). The highest BCUT2D eigenvalue weighted by atomic mass is 16.6. The molecule has 2 aromatic carbocycles. The van der Waals surface area contributed by atoms with Crippen LogP contribution in [0.4, 0.5) is 11.4 Å². The van der Waals surface area contributed by atoms with Crippen LogP contribution in [0.25, 0.3) is 0 Å². The van der Waals surface area contributed by atoms with Crippen molar-refractivity contribution in [3.63, 3.8) is 0 Å². The summed E-state index contributed by atoms with van der Waals surface area (Å²) < 4.78 is 0. The van der Waals surface area contributed by atoms with Crippen molar-refractivity contribution in [1.29, 1.82) is 0 Å². The lowest BCUT2D eigenvalue weighted by Crippen LogP contribution is -2.23. The van der Waals surface area contributed by atoms with Gasteiger partial charge in [0.2, 0.25) is 0 Å². The van der Waals surface area contributed by atoms with Crippen molar-refractivity contribution in [3.8, 4) is 0 Å². The second-order valence-electron chi connectivity index (χ2n) is 5.08. The zero-order valence-corrected chi connectivity index (χ0v) is 12.6. The van der Waals surface area contributed by atoms with Gasteiger partial charge in [-0.25, -0.2) is 0 Å². The van der Waals surface area contributed by atoms with Crippen LogP contribution in [0.2, 0.25) is 0 Å². The fraction of sp³-hybridized carbons (Fsp3) is 0.188. The van der Waals surface area contributed by atoms with Crippen LogP contribution in [0.1, 0.15) is 5.56 Å². The van der Waals surface area contributed by atoms with Gasteiger partial charge in [0.1, 0.15) is 0 Å². The Balaban J connectivity index is 2.23. The summed E-state index contributed by atoms with van der Waals surface area (Å²) in [5.41, 5.74) is 5.63. The smallest absolute Gasteiger partial charge is 0.269 e. The topological polar surface area (TPSA) is 70.8 Å². The number of hydrazone groups is 1. The molecular weight excluding hydrogens is 280 g/mol. The lowest BCUT2D eigenvalue weighted by atomic mass is 10.1. The van der Waals surface area contributed by atoms with Crippen LogP contribution in [0.5, 0.6) is 0 Å². The molecule has 0 aromatic heterocycles. The van der Waals surface area contributed by atoms with Gasteiger partial charge in [0, 0.05) is 18.7 Å². The third kappa shape index (κ3) is 4.39. The molecule has 6 nitrogen and oxygen atoms in total. The molecule has 0 fully saturated rings. The summed E-state index contributed by atoms with van der Waals surface area (Å²) in [5.74, 6) is 0. The standard InChI is InChI=1S/C16H18N4O2/c1-19(2)12-16(18-17-14-6-4-3-5-7-14)13-8-10-15(11-9-13)20(21)22/h3-11,17H,12H2,1-2H3. The van der Waals surface area contributed by atoms with Gasteiger partial charge in [-0.2, -0.15) is 5.10 Å². The highest BCUT2D eigenvalue weighted by Crippen LogP contribution is 2.13. The molecule has 0 aliphatic heterocycles. The van der Waals surface area contributed by atoms with E-state index >= 15 is 0 Å². The lowest BCUT2D eigenvalue weighted by Gasteiger charge is -2.13. The van der Waals surface area contributed by atoms with Crippen LogP contribution >= 0.6 is 0 Å². The van der Waals surface area contributed by atoms with Gasteiger partial charge >= 0.3 is 0 Å². The van der Waals surface area contributed by atoms with E-state index in [1.165, 1.54) is 12.1 Å². The maximum Gasteiger partial charge on any atom is 0.269 e. The molecule has 0 aliphatic carbocycles. The van der Waals surface area contributed by atoms with E-state index in [2.05, 4.69) is 10.5 Å². The minimum Gasteiger partial charge on any atom is -0.303 e. The van der Waals surface area contributed by atoms with E-state index in [1.807, 2.05) is 49.3 Å². The Morgan fingerprint density at radius 1 is 1.14 bits per heavy atom. The molecule has 0 saturated heterocycles. The first-order chi connectivity index (χ1) is 10.6. The molecule has 0 atom stereocenters. The molecule has 6 heteroatoms. The quantitative estimate of drug-likeness (QED) is 0.505. The van der Waals surface area contributed by atoms with Crippen LogP contribution in [-0.2, 0) is 0 Å². The van der Waals surface area contributed by atoms with Crippen LogP contribution in [0.15, 0.2) is 59.7 Å². The number of hydrogen-bond acceptors (Lipinski definition) is 5. The van der Waals surface area contributed by atoms with E-state index in [-0.39, 0.29) is 5.69 Å². The SMILES string of the molecule is CN(C)CC(=NNc1ccccc1)c1ccc([N+](=O)[O-])cc1. The van der Waals surface area contributed by atoms with E-state index in [0.29, 0.717) is 6.54 Å². The molecule has 0 heterocycles. The zero-order valence-electron chi connectivity index (χ0n) is 12.6. The molecule has 22 heavy (non-hydrogen) atoms. The summed E-state index contributed by atoms with van der Waals surface area (Å²) in [6.07, 6.45) is 0. The molecule has 0 amide bonds. The fourth-order valence-electron chi connectivity index (χ4n) is 1.91. The molecule has 0 radical (unpaired) electrons. The van der Waals surface area contributed by atoms with Crippen LogP contribution in [0.3, 0.4) is 0 Å². The average Bonchev–Trinajstić information content (AvgIpc) is 2.52. The molecule has 0 spiro atoms. The molecule has 0 saturated carbocycles. The number of anilines is 1. The van der Waals surface area contributed by atoms with Crippen molar-refractivity contribution in [3.05, 3.63) is 70.3 Å². The molecule has 1 N–H and O–H groups in total. The average molecular weight is 298 g/mol. The van der Waals surface area contributed by atoms with Crippen molar-refractivity contribution in [2.45, 2.75) is 0 Å². The number of hydrogen-bond donors (Lipinski definition) is 1. The van der Waals surface area contributed by atoms with Gasteiger partial charge in [-0.1, -0.05) is 18.2 Å². The molecule has 2 aromatic rings. The summed E-state index contributed by atoms with van der Waals surface area (Å²) in [4.78, 5) is 12.3. The number of para-hydroxylation sites is 1. The summed E-state index contributed by atoms with van der Waals surface area (Å²) in [7, 11) is 3.90. The first-order valence-electron chi connectivity index (χ1n) is 6.83. The Labute approximate surface area is 129 Å². The molecule has 0 aliphatic rings. The fourth-order valence-corrected chi connectivity index (χ4v) is 1.91. The van der Waals surface area contributed by atoms with Crippen molar-refractivity contribution in [2.75, 3.05) is 26.1 Å². The minimum absolute atomic E-state index is 0.0731. The Morgan fingerprint density at radius 3 is 2.32 bits per heavy atom. The number of likely N-dealkylation sites (N-methyl/N-ethyl adjacent to an activating group) is 1. The first-order valence-corrected chi connectivity index (χ1v) is 6.83. The van der Waals surface area contributed by atoms with Gasteiger partial charge < -0.3 is 4.90 Å². The zero-order chi connectivity index (χ0) is 15.9. The second-order valence-corrected chi connectivity index (χ2v) is 5.08. The highest BCUT2D eigenvalue weighted by molar-refractivity contribution is 6.02. The second kappa shape index (κ2) is 7.33. The van der Waals surface area contributed by atoms with Crippen molar-refractivity contribution in [1.82, 2.24) is 4.90 Å². The van der Waals surface area contributed by atoms with Crippen molar-refractivity contribution in [2.24, 2.45) is 5.10 Å². The number of non-ortho nitro benzene ring substituents is 1. The monoisotopic (exact) mass is 298 g/mol. The van der Waals surface area contributed by atoms with E-state index in [1.54, 1.807) is 12.1 Å². The van der Waals surface area contributed by atoms with Gasteiger partial charge in [-0.15, -0.1) is 0 Å². The van der Waals surface area contributed by atoms with E-state index in [0.717, 1.165) is 17.0 Å². The van der Waals surface area contributed by atoms with E-state index in [4.69, 9.17) is 0 Å². The summed E-state index contributed by atoms with van der Waals surface area (Å²) >= 11 is 0.